The van der Waals surface area contributed by atoms with Crippen molar-refractivity contribution in [2.45, 2.75) is 56.9 Å². The Labute approximate surface area is 348 Å². The number of guanidine groups is 1. The predicted molar refractivity (Wildman–Crippen MR) is 219 cm³/mol. The van der Waals surface area contributed by atoms with Gasteiger partial charge in [0.15, 0.2) is 5.96 Å². The molecule has 322 valence electrons. The van der Waals surface area contributed by atoms with Crippen molar-refractivity contribution in [1.29, 1.82) is 0 Å². The molecule has 0 spiro atoms. The van der Waals surface area contributed by atoms with Crippen molar-refractivity contribution in [1.82, 2.24) is 20.9 Å². The molecule has 4 rings (SSSR count). The third-order valence-corrected chi connectivity index (χ3v) is 9.40. The fraction of sp³-hybridized carbons (Fsp3) is 0.275. The monoisotopic (exact) mass is 843 g/mol. The summed E-state index contributed by atoms with van der Waals surface area (Å²) in [6.45, 7) is -2.08. The molecule has 0 saturated carbocycles. The van der Waals surface area contributed by atoms with Crippen LogP contribution in [0.15, 0.2) is 96.0 Å². The van der Waals surface area contributed by atoms with Gasteiger partial charge in [-0.2, -0.15) is 0 Å². The van der Waals surface area contributed by atoms with E-state index in [-0.39, 0.29) is 55.1 Å². The van der Waals surface area contributed by atoms with Gasteiger partial charge in [-0.05, 0) is 54.7 Å². The highest BCUT2D eigenvalue weighted by molar-refractivity contribution is 5.94. The molecule has 11 N–H and O–H groups in total. The zero-order chi connectivity index (χ0) is 44.6. The number of aliphatic carboxylic acids is 1. The zero-order valence-electron chi connectivity index (χ0n) is 32.5. The van der Waals surface area contributed by atoms with Gasteiger partial charge in [-0.25, -0.2) is 0 Å². The summed E-state index contributed by atoms with van der Waals surface area (Å²) in [7, 11) is 0. The predicted octanol–water partition coefficient (Wildman–Crippen LogP) is 1.70. The largest absolute Gasteiger partial charge is 0.508 e. The minimum atomic E-state index is -1.59. The smallest absolute Gasteiger partial charge is 0.322 e. The molecule has 0 aliphatic heterocycles. The van der Waals surface area contributed by atoms with Gasteiger partial charge in [0.05, 0.1) is 33.6 Å². The van der Waals surface area contributed by atoms with Gasteiger partial charge in [0, 0.05) is 31.6 Å². The summed E-state index contributed by atoms with van der Waals surface area (Å²) in [5.74, 6) is -5.59. The molecule has 4 aromatic rings. The average molecular weight is 844 g/mol. The number of amides is 3. The fourth-order valence-electron chi connectivity index (χ4n) is 6.37. The van der Waals surface area contributed by atoms with E-state index >= 15 is 4.79 Å². The Hall–Kier alpha value is -7.81. The lowest BCUT2D eigenvalue weighted by Crippen LogP contribution is -2.58. The van der Waals surface area contributed by atoms with Crippen molar-refractivity contribution >= 4 is 41.0 Å². The highest BCUT2D eigenvalue weighted by Gasteiger charge is 2.38. The first-order valence-electron chi connectivity index (χ1n) is 18.7. The molecule has 0 saturated heterocycles. The van der Waals surface area contributed by atoms with Gasteiger partial charge in [-0.15, -0.1) is 0 Å². The van der Waals surface area contributed by atoms with Crippen LogP contribution < -0.4 is 27.4 Å². The first kappa shape index (κ1) is 45.9. The molecule has 61 heavy (non-hydrogen) atoms. The second kappa shape index (κ2) is 21.8. The quantitative estimate of drug-likeness (QED) is 0.0179. The number of carboxylic acid groups (broad SMARTS) is 1. The second-order valence-corrected chi connectivity index (χ2v) is 13.7. The van der Waals surface area contributed by atoms with Crippen LogP contribution in [0.3, 0.4) is 0 Å². The first-order chi connectivity index (χ1) is 29.0. The molecule has 0 aromatic heterocycles. The normalized spacial score (nSPS) is 12.3. The Balaban J connectivity index is 1.83. The van der Waals surface area contributed by atoms with Gasteiger partial charge >= 0.3 is 5.97 Å². The number of phenols is 3. The Morgan fingerprint density at radius 3 is 1.92 bits per heavy atom. The average Bonchev–Trinajstić information content (AvgIpc) is 3.22. The van der Waals surface area contributed by atoms with Crippen molar-refractivity contribution in [2.75, 3.05) is 13.1 Å². The Morgan fingerprint density at radius 1 is 0.738 bits per heavy atom. The van der Waals surface area contributed by atoms with E-state index in [1.807, 2.05) is 0 Å². The number of nitrogens with one attached hydrogen (secondary N) is 3. The van der Waals surface area contributed by atoms with E-state index in [1.54, 1.807) is 30.3 Å². The van der Waals surface area contributed by atoms with Gasteiger partial charge in [-0.1, -0.05) is 54.6 Å². The van der Waals surface area contributed by atoms with Gasteiger partial charge in [0.1, 0.15) is 35.9 Å². The van der Waals surface area contributed by atoms with Gasteiger partial charge < -0.3 is 52.7 Å². The molecule has 0 bridgehead atoms. The number of phenolic OH excluding ortho intramolecular Hbond substituents is 3. The Kier molecular flexibility index (Phi) is 16.4. The Bertz CT molecular complexity index is 2240. The van der Waals surface area contributed by atoms with Crippen molar-refractivity contribution in [2.24, 2.45) is 16.5 Å². The third-order valence-electron chi connectivity index (χ3n) is 9.40. The summed E-state index contributed by atoms with van der Waals surface area (Å²) in [5, 5.41) is 72.6. The lowest BCUT2D eigenvalue weighted by molar-refractivity contribution is -0.385. The van der Waals surface area contributed by atoms with Crippen molar-refractivity contribution in [3.05, 3.63) is 133 Å². The molecule has 0 fully saturated rings. The number of aromatic hydroxyl groups is 3. The summed E-state index contributed by atoms with van der Waals surface area (Å²) in [6, 6.07) is 16.7. The number of carbonyl (C=O) groups excluding carboxylic acids is 3. The number of hydrogen-bond donors (Lipinski definition) is 9. The molecular weight excluding hydrogens is 798 g/mol. The number of benzene rings is 4. The molecule has 4 aromatic carbocycles. The van der Waals surface area contributed by atoms with Gasteiger partial charge in [-0.3, -0.25) is 44.4 Å². The van der Waals surface area contributed by atoms with Crippen LogP contribution in [-0.2, 0) is 45.1 Å². The molecule has 21 heteroatoms. The second-order valence-electron chi connectivity index (χ2n) is 13.7. The molecule has 21 nitrogen and oxygen atoms in total. The molecule has 0 heterocycles. The highest BCUT2D eigenvalue weighted by Crippen LogP contribution is 2.31. The summed E-state index contributed by atoms with van der Waals surface area (Å²) in [4.78, 5) is 82.3. The van der Waals surface area contributed by atoms with E-state index in [4.69, 9.17) is 11.5 Å². The van der Waals surface area contributed by atoms with E-state index in [2.05, 4.69) is 20.9 Å². The minimum absolute atomic E-state index is 0.0361. The summed E-state index contributed by atoms with van der Waals surface area (Å²) in [5.41, 5.74) is 10.5. The SMILES string of the molecule is NC(N)=NCCC[C@H](NC(=O)[C@H](Cc1ccc(O)cc1)NCc1c(O)cccc1[N+](=O)[O-])C(=O)N(Cc1c(O)cccc1[N+](=O)[O-])[C@@H](Cc1ccccc1)C(=O)NCC(=O)O. The van der Waals surface area contributed by atoms with Crippen molar-refractivity contribution in [3.63, 3.8) is 0 Å². The molecule has 0 aliphatic rings. The molecular formula is C40H45N9O12. The number of nitrogens with zero attached hydrogens (tertiary/aromatic N) is 4. The van der Waals surface area contributed by atoms with Gasteiger partial charge in [0.25, 0.3) is 11.4 Å². The van der Waals surface area contributed by atoms with E-state index in [0.717, 1.165) is 17.0 Å². The van der Waals surface area contributed by atoms with Gasteiger partial charge in [0.2, 0.25) is 17.7 Å². The molecule has 0 radical (unpaired) electrons. The zero-order valence-corrected chi connectivity index (χ0v) is 32.5. The van der Waals surface area contributed by atoms with Crippen LogP contribution >= 0.6 is 0 Å². The topological polar surface area (TPSA) is 339 Å². The highest BCUT2D eigenvalue weighted by atomic mass is 16.6. The number of nitrogens with two attached hydrogens (primary N) is 2. The van der Waals surface area contributed by atoms with Crippen molar-refractivity contribution < 1.29 is 49.5 Å². The maximum Gasteiger partial charge on any atom is 0.322 e. The number of carbonyl (C=O) groups is 4. The Morgan fingerprint density at radius 2 is 1.33 bits per heavy atom. The first-order valence-corrected chi connectivity index (χ1v) is 18.7. The van der Waals surface area contributed by atoms with Crippen LogP contribution in [-0.4, -0.2) is 96.0 Å². The molecule has 3 amide bonds. The fourth-order valence-corrected chi connectivity index (χ4v) is 6.37. The number of rotatable bonds is 22. The summed E-state index contributed by atoms with van der Waals surface area (Å²) in [6.07, 6.45) is -0.525. The molecule has 3 atom stereocenters. The number of nitro groups is 2. The van der Waals surface area contributed by atoms with Crippen LogP contribution in [0.25, 0.3) is 0 Å². The third kappa shape index (κ3) is 13.4. The van der Waals surface area contributed by atoms with E-state index in [0.29, 0.717) is 11.1 Å². The van der Waals surface area contributed by atoms with Crippen LogP contribution in [0.1, 0.15) is 35.1 Å². The standard InChI is InChI=1S/C40H45N9O12/c41-40(42)43-18-6-9-29(46-37(55)30(19-25-14-16-26(50)17-15-25)44-21-27-31(48(58)59)10-4-12-34(27)51)39(57)47(23-28-32(49(60)61)11-5-13-35(28)52)33(38(56)45-22-36(53)54)20-24-7-2-1-3-8-24/h1-5,7-8,10-17,29-30,33,44,50-52H,6,9,18-23H2,(H,45,56)(H,46,55)(H,53,54)(H4,41,42,43)/t29-,30-,33-/m0/s1. The summed E-state index contributed by atoms with van der Waals surface area (Å²) < 4.78 is 0. The minimum Gasteiger partial charge on any atom is -0.508 e. The van der Waals surface area contributed by atoms with Crippen LogP contribution in [0, 0.1) is 20.2 Å². The lowest BCUT2D eigenvalue weighted by atomic mass is 9.99. The number of carboxylic acids is 1. The van der Waals surface area contributed by atoms with Crippen LogP contribution in [0.5, 0.6) is 17.2 Å². The number of aliphatic imine (C=N–C) groups is 1. The maximum absolute atomic E-state index is 15.1. The lowest BCUT2D eigenvalue weighted by Gasteiger charge is -2.34. The van der Waals surface area contributed by atoms with E-state index in [9.17, 15) is 55.0 Å². The van der Waals surface area contributed by atoms with E-state index in [1.165, 1.54) is 48.5 Å². The summed E-state index contributed by atoms with van der Waals surface area (Å²) >= 11 is 0. The van der Waals surface area contributed by atoms with Crippen LogP contribution in [0.2, 0.25) is 0 Å². The number of hydrogen-bond acceptors (Lipinski definition) is 13. The van der Waals surface area contributed by atoms with Crippen LogP contribution in [0.4, 0.5) is 11.4 Å². The van der Waals surface area contributed by atoms with Crippen molar-refractivity contribution in [3.8, 4) is 17.2 Å². The number of nitro benzene ring substituents is 2. The van der Waals surface area contributed by atoms with E-state index < -0.39 is 94.2 Å². The molecule has 0 aliphatic carbocycles. The molecule has 0 unspecified atom stereocenters. The maximum atomic E-state index is 15.1.